The van der Waals surface area contributed by atoms with Crippen LogP contribution < -0.4 is 9.64 Å². The summed E-state index contributed by atoms with van der Waals surface area (Å²) in [5.41, 5.74) is 3.03. The lowest BCUT2D eigenvalue weighted by Crippen LogP contribution is -2.16. The van der Waals surface area contributed by atoms with Crippen LogP contribution in [-0.2, 0) is 6.54 Å². The fraction of sp³-hybridized carbons (Fsp3) is 0.267. The molecular weight excluding hydrogens is 262 g/mol. The summed E-state index contributed by atoms with van der Waals surface area (Å²) < 4.78 is 28.4. The molecule has 0 saturated carbocycles. The third kappa shape index (κ3) is 3.91. The van der Waals surface area contributed by atoms with Crippen LogP contribution in [0.5, 0.6) is 5.75 Å². The van der Waals surface area contributed by atoms with E-state index in [0.717, 1.165) is 16.9 Å². The SMILES string of the molecule is Cc1cc(N(C)Cc2ccc(OC(F)F)cc2)ccn1. The molecule has 2 aromatic rings. The van der Waals surface area contributed by atoms with Crippen molar-refractivity contribution in [2.45, 2.75) is 20.1 Å². The fourth-order valence-electron chi connectivity index (χ4n) is 1.91. The molecule has 2 rings (SSSR count). The molecule has 0 aliphatic heterocycles. The number of benzene rings is 1. The molecule has 0 unspecified atom stereocenters. The van der Waals surface area contributed by atoms with Gasteiger partial charge in [-0.2, -0.15) is 8.78 Å². The summed E-state index contributed by atoms with van der Waals surface area (Å²) in [7, 11) is 1.97. The van der Waals surface area contributed by atoms with Crippen molar-refractivity contribution in [1.29, 1.82) is 0 Å². The molecule has 0 radical (unpaired) electrons. The number of aromatic nitrogens is 1. The number of alkyl halides is 2. The van der Waals surface area contributed by atoms with E-state index in [1.165, 1.54) is 0 Å². The lowest BCUT2D eigenvalue weighted by atomic mass is 10.2. The minimum absolute atomic E-state index is 0.172. The molecule has 0 N–H and O–H groups in total. The summed E-state index contributed by atoms with van der Waals surface area (Å²) in [5.74, 6) is 0.172. The topological polar surface area (TPSA) is 25.4 Å². The highest BCUT2D eigenvalue weighted by Gasteiger charge is 2.06. The molecule has 0 atom stereocenters. The van der Waals surface area contributed by atoms with Crippen molar-refractivity contribution in [2.75, 3.05) is 11.9 Å². The van der Waals surface area contributed by atoms with Gasteiger partial charge in [-0.25, -0.2) is 0 Å². The van der Waals surface area contributed by atoms with Gasteiger partial charge >= 0.3 is 6.61 Å². The molecule has 1 aromatic heterocycles. The Morgan fingerprint density at radius 2 is 1.90 bits per heavy atom. The van der Waals surface area contributed by atoms with Crippen LogP contribution in [0.1, 0.15) is 11.3 Å². The number of rotatable bonds is 5. The molecule has 106 valence electrons. The summed E-state index contributed by atoms with van der Waals surface area (Å²) in [4.78, 5) is 6.22. The quantitative estimate of drug-likeness (QED) is 0.835. The number of hydrogen-bond acceptors (Lipinski definition) is 3. The largest absolute Gasteiger partial charge is 0.435 e. The average molecular weight is 278 g/mol. The number of aryl methyl sites for hydroxylation is 1. The Labute approximate surface area is 116 Å². The molecule has 0 fully saturated rings. The summed E-state index contributed by atoms with van der Waals surface area (Å²) in [5, 5.41) is 0. The molecule has 0 saturated heterocycles. The average Bonchev–Trinajstić information content (AvgIpc) is 2.40. The van der Waals surface area contributed by atoms with Crippen molar-refractivity contribution in [2.24, 2.45) is 0 Å². The highest BCUT2D eigenvalue weighted by atomic mass is 19.3. The lowest BCUT2D eigenvalue weighted by Gasteiger charge is -2.19. The smallest absolute Gasteiger partial charge is 0.387 e. The summed E-state index contributed by atoms with van der Waals surface area (Å²) in [6.07, 6.45) is 1.76. The van der Waals surface area contributed by atoms with Crippen LogP contribution in [0.3, 0.4) is 0 Å². The van der Waals surface area contributed by atoms with E-state index in [1.54, 1.807) is 30.5 Å². The monoisotopic (exact) mass is 278 g/mol. The van der Waals surface area contributed by atoms with Crippen molar-refractivity contribution < 1.29 is 13.5 Å². The van der Waals surface area contributed by atoms with Gasteiger partial charge in [-0.05, 0) is 36.8 Å². The summed E-state index contributed by atoms with van der Waals surface area (Å²) in [6.45, 7) is -0.171. The summed E-state index contributed by atoms with van der Waals surface area (Å²) in [6, 6.07) is 10.6. The van der Waals surface area contributed by atoms with Crippen molar-refractivity contribution in [1.82, 2.24) is 4.98 Å². The highest BCUT2D eigenvalue weighted by molar-refractivity contribution is 5.46. The Hall–Kier alpha value is -2.17. The Bertz CT molecular complexity index is 558. The maximum absolute atomic E-state index is 12.1. The van der Waals surface area contributed by atoms with E-state index in [0.29, 0.717) is 6.54 Å². The van der Waals surface area contributed by atoms with Crippen LogP contribution in [0.2, 0.25) is 0 Å². The Morgan fingerprint density at radius 1 is 1.20 bits per heavy atom. The van der Waals surface area contributed by atoms with Gasteiger partial charge in [0, 0.05) is 31.2 Å². The standard InChI is InChI=1S/C15H16F2N2O/c1-11-9-13(7-8-18-11)19(2)10-12-3-5-14(6-4-12)20-15(16)17/h3-9,15H,10H2,1-2H3. The Balaban J connectivity index is 2.02. The number of hydrogen-bond donors (Lipinski definition) is 0. The first-order valence-electron chi connectivity index (χ1n) is 6.22. The van der Waals surface area contributed by atoms with E-state index >= 15 is 0 Å². The zero-order valence-corrected chi connectivity index (χ0v) is 11.4. The first kappa shape index (κ1) is 14.2. The van der Waals surface area contributed by atoms with Crippen LogP contribution in [0.25, 0.3) is 0 Å². The van der Waals surface area contributed by atoms with Gasteiger partial charge in [0.2, 0.25) is 0 Å². The van der Waals surface area contributed by atoms with Gasteiger partial charge in [-0.15, -0.1) is 0 Å². The zero-order valence-electron chi connectivity index (χ0n) is 11.4. The van der Waals surface area contributed by atoms with Gasteiger partial charge in [0.15, 0.2) is 0 Å². The molecule has 3 nitrogen and oxygen atoms in total. The highest BCUT2D eigenvalue weighted by Crippen LogP contribution is 2.18. The number of anilines is 1. The fourth-order valence-corrected chi connectivity index (χ4v) is 1.91. The molecule has 1 aromatic carbocycles. The Morgan fingerprint density at radius 3 is 2.50 bits per heavy atom. The van der Waals surface area contributed by atoms with Gasteiger partial charge in [0.25, 0.3) is 0 Å². The molecular formula is C15H16F2N2O. The van der Waals surface area contributed by atoms with E-state index in [-0.39, 0.29) is 5.75 Å². The second-order valence-corrected chi connectivity index (χ2v) is 4.53. The van der Waals surface area contributed by atoms with Gasteiger partial charge in [0.1, 0.15) is 5.75 Å². The van der Waals surface area contributed by atoms with Crippen LogP contribution in [0.4, 0.5) is 14.5 Å². The van der Waals surface area contributed by atoms with Crippen LogP contribution in [0, 0.1) is 6.92 Å². The number of halogens is 2. The van der Waals surface area contributed by atoms with Gasteiger partial charge < -0.3 is 9.64 Å². The van der Waals surface area contributed by atoms with Crippen LogP contribution >= 0.6 is 0 Å². The predicted octanol–water partition coefficient (Wildman–Crippen LogP) is 3.63. The normalized spacial score (nSPS) is 10.7. The van der Waals surface area contributed by atoms with Gasteiger partial charge in [0.05, 0.1) is 0 Å². The third-order valence-electron chi connectivity index (χ3n) is 2.89. The molecule has 20 heavy (non-hydrogen) atoms. The predicted molar refractivity (Wildman–Crippen MR) is 74.2 cm³/mol. The molecule has 5 heteroatoms. The van der Waals surface area contributed by atoms with E-state index in [4.69, 9.17) is 0 Å². The molecule has 1 heterocycles. The maximum Gasteiger partial charge on any atom is 0.387 e. The minimum Gasteiger partial charge on any atom is -0.435 e. The van der Waals surface area contributed by atoms with Crippen molar-refractivity contribution in [3.05, 3.63) is 53.9 Å². The maximum atomic E-state index is 12.1. The second-order valence-electron chi connectivity index (χ2n) is 4.53. The third-order valence-corrected chi connectivity index (χ3v) is 2.89. The number of ether oxygens (including phenoxy) is 1. The van der Waals surface area contributed by atoms with Crippen LogP contribution in [-0.4, -0.2) is 18.6 Å². The van der Waals surface area contributed by atoms with E-state index in [9.17, 15) is 8.78 Å². The molecule has 0 spiro atoms. The second kappa shape index (κ2) is 6.32. The lowest BCUT2D eigenvalue weighted by molar-refractivity contribution is -0.0498. The molecule has 0 amide bonds. The van der Waals surface area contributed by atoms with E-state index < -0.39 is 6.61 Å². The zero-order chi connectivity index (χ0) is 14.5. The van der Waals surface area contributed by atoms with Gasteiger partial charge in [-0.3, -0.25) is 4.98 Å². The van der Waals surface area contributed by atoms with Crippen LogP contribution in [0.15, 0.2) is 42.6 Å². The molecule has 0 aliphatic carbocycles. The van der Waals surface area contributed by atoms with E-state index in [2.05, 4.69) is 14.6 Å². The Kier molecular flexibility index (Phi) is 4.50. The number of pyridine rings is 1. The van der Waals surface area contributed by atoms with E-state index in [1.807, 2.05) is 26.1 Å². The first-order valence-corrected chi connectivity index (χ1v) is 6.22. The van der Waals surface area contributed by atoms with Crippen molar-refractivity contribution >= 4 is 5.69 Å². The van der Waals surface area contributed by atoms with Crippen molar-refractivity contribution in [3.8, 4) is 5.75 Å². The molecule has 0 aliphatic rings. The first-order chi connectivity index (χ1) is 9.54. The van der Waals surface area contributed by atoms with Crippen molar-refractivity contribution in [3.63, 3.8) is 0 Å². The molecule has 0 bridgehead atoms. The minimum atomic E-state index is -2.79. The summed E-state index contributed by atoms with van der Waals surface area (Å²) >= 11 is 0. The number of nitrogens with zero attached hydrogens (tertiary/aromatic N) is 2. The van der Waals surface area contributed by atoms with Gasteiger partial charge in [-0.1, -0.05) is 12.1 Å².